The summed E-state index contributed by atoms with van der Waals surface area (Å²) in [5, 5.41) is 0.539. The van der Waals surface area contributed by atoms with E-state index >= 15 is 0 Å². The first-order chi connectivity index (χ1) is 13.1. The number of nitrogens with zero attached hydrogens (tertiary/aromatic N) is 1. The van der Waals surface area contributed by atoms with Crippen molar-refractivity contribution in [3.8, 4) is 5.75 Å². The lowest BCUT2D eigenvalue weighted by atomic mass is 10.0. The van der Waals surface area contributed by atoms with Gasteiger partial charge in [0.1, 0.15) is 11.6 Å². The average molecular weight is 366 g/mol. The molecule has 4 rings (SSSR count). The second kappa shape index (κ2) is 6.87. The molecule has 3 aromatic rings. The monoisotopic (exact) mass is 366 g/mol. The smallest absolute Gasteiger partial charge is 0.255 e. The number of aromatic nitrogens is 1. The molecule has 0 radical (unpaired) electrons. The van der Waals surface area contributed by atoms with Gasteiger partial charge in [-0.05, 0) is 48.7 Å². The van der Waals surface area contributed by atoms with Gasteiger partial charge in [0.05, 0.1) is 24.2 Å². The number of hydrogen-bond donors (Lipinski definition) is 1. The molecule has 5 nitrogen and oxygen atoms in total. The summed E-state index contributed by atoms with van der Waals surface area (Å²) in [6.07, 6.45) is 1.72. The number of halogens is 1. The minimum atomic E-state index is -0.460. The number of pyridine rings is 1. The molecule has 0 aliphatic carbocycles. The number of nitrogens with one attached hydrogen (secondary N) is 1. The van der Waals surface area contributed by atoms with Crippen LogP contribution in [0.4, 0.5) is 4.39 Å². The molecular formula is C21H19FN2O3. The zero-order valence-corrected chi connectivity index (χ0v) is 14.9. The number of H-pyrrole nitrogens is 1. The fourth-order valence-corrected chi connectivity index (χ4v) is 3.77. The number of aromatic amines is 1. The SMILES string of the molecule is COc1cccc(C2CCCN2C(=O)c2cc(=O)[nH]c3cc(F)ccc23)c1. The van der Waals surface area contributed by atoms with E-state index in [1.807, 2.05) is 24.3 Å². The molecule has 0 spiro atoms. The van der Waals surface area contributed by atoms with E-state index in [9.17, 15) is 14.0 Å². The molecule has 2 heterocycles. The Labute approximate surface area is 155 Å². The first-order valence-electron chi connectivity index (χ1n) is 8.84. The predicted molar refractivity (Wildman–Crippen MR) is 101 cm³/mol. The van der Waals surface area contributed by atoms with Gasteiger partial charge < -0.3 is 14.6 Å². The van der Waals surface area contributed by atoms with Crippen molar-refractivity contribution in [1.29, 1.82) is 0 Å². The standard InChI is InChI=1S/C21H19FN2O3/c1-27-15-5-2-4-13(10-15)19-6-3-9-24(19)21(26)17-12-20(25)23-18-11-14(22)7-8-16(17)18/h2,4-5,7-8,10-12,19H,3,6,9H2,1H3,(H,23,25). The van der Waals surface area contributed by atoms with Crippen molar-refractivity contribution >= 4 is 16.8 Å². The van der Waals surface area contributed by atoms with E-state index in [4.69, 9.17) is 4.74 Å². The predicted octanol–water partition coefficient (Wildman–Crippen LogP) is 3.65. The summed E-state index contributed by atoms with van der Waals surface area (Å²) in [5.74, 6) is 0.0603. The van der Waals surface area contributed by atoms with Crippen molar-refractivity contribution in [3.05, 3.63) is 75.8 Å². The molecular weight excluding hydrogens is 347 g/mol. The molecule has 1 aromatic heterocycles. The van der Waals surface area contributed by atoms with Gasteiger partial charge in [-0.3, -0.25) is 9.59 Å². The average Bonchev–Trinajstić information content (AvgIpc) is 3.16. The van der Waals surface area contributed by atoms with Gasteiger partial charge in [-0.15, -0.1) is 0 Å². The number of amides is 1. The lowest BCUT2D eigenvalue weighted by Gasteiger charge is -2.26. The van der Waals surface area contributed by atoms with Crippen LogP contribution >= 0.6 is 0 Å². The fraction of sp³-hybridized carbons (Fsp3) is 0.238. The van der Waals surface area contributed by atoms with Crippen LogP contribution in [0.1, 0.15) is 34.8 Å². The molecule has 1 saturated heterocycles. The van der Waals surface area contributed by atoms with Crippen molar-refractivity contribution in [3.63, 3.8) is 0 Å². The third-order valence-electron chi connectivity index (χ3n) is 5.03. The summed E-state index contributed by atoms with van der Waals surface area (Å²) in [5.41, 5.74) is 1.19. The molecule has 138 valence electrons. The van der Waals surface area contributed by atoms with Crippen molar-refractivity contribution in [1.82, 2.24) is 9.88 Å². The Kier molecular flexibility index (Phi) is 4.39. The van der Waals surface area contributed by atoms with E-state index in [-0.39, 0.29) is 11.9 Å². The number of ether oxygens (including phenoxy) is 1. The van der Waals surface area contributed by atoms with Crippen LogP contribution in [0.15, 0.2) is 53.3 Å². The van der Waals surface area contributed by atoms with Gasteiger partial charge in [-0.2, -0.15) is 0 Å². The van der Waals surface area contributed by atoms with Gasteiger partial charge in [0.15, 0.2) is 0 Å². The maximum atomic E-state index is 13.5. The summed E-state index contributed by atoms with van der Waals surface area (Å²) in [6.45, 7) is 0.607. The third kappa shape index (κ3) is 3.18. The molecule has 0 saturated carbocycles. The van der Waals surface area contributed by atoms with E-state index in [1.165, 1.54) is 24.3 Å². The number of methoxy groups -OCH3 is 1. The molecule has 6 heteroatoms. The van der Waals surface area contributed by atoms with Crippen LogP contribution in [0.3, 0.4) is 0 Å². The highest BCUT2D eigenvalue weighted by Crippen LogP contribution is 2.35. The van der Waals surface area contributed by atoms with E-state index in [0.29, 0.717) is 23.0 Å². The van der Waals surface area contributed by atoms with Crippen LogP contribution in [0.5, 0.6) is 5.75 Å². The minimum Gasteiger partial charge on any atom is -0.497 e. The van der Waals surface area contributed by atoms with E-state index in [1.54, 1.807) is 12.0 Å². The molecule has 1 amide bonds. The molecule has 1 N–H and O–H groups in total. The van der Waals surface area contributed by atoms with Gasteiger partial charge in [0, 0.05) is 18.0 Å². The number of carbonyl (C=O) groups excluding carboxylic acids is 1. The maximum absolute atomic E-state index is 13.5. The molecule has 1 aliphatic rings. The topological polar surface area (TPSA) is 62.4 Å². The van der Waals surface area contributed by atoms with E-state index in [2.05, 4.69) is 4.98 Å². The highest BCUT2D eigenvalue weighted by Gasteiger charge is 2.31. The normalized spacial score (nSPS) is 16.7. The zero-order valence-electron chi connectivity index (χ0n) is 14.9. The summed E-state index contributed by atoms with van der Waals surface area (Å²) in [6, 6.07) is 12.9. The fourth-order valence-electron chi connectivity index (χ4n) is 3.77. The number of carbonyl (C=O) groups is 1. The van der Waals surface area contributed by atoms with Gasteiger partial charge >= 0.3 is 0 Å². The van der Waals surface area contributed by atoms with E-state index < -0.39 is 11.4 Å². The summed E-state index contributed by atoms with van der Waals surface area (Å²) < 4.78 is 18.8. The Bertz CT molecular complexity index is 1080. The number of likely N-dealkylation sites (tertiary alicyclic amines) is 1. The Balaban J connectivity index is 1.76. The Hall–Kier alpha value is -3.15. The summed E-state index contributed by atoms with van der Waals surface area (Å²) in [4.78, 5) is 29.7. The largest absolute Gasteiger partial charge is 0.497 e. The molecule has 1 aliphatic heterocycles. The molecule has 0 bridgehead atoms. The van der Waals surface area contributed by atoms with Crippen LogP contribution < -0.4 is 10.3 Å². The second-order valence-electron chi connectivity index (χ2n) is 6.67. The second-order valence-corrected chi connectivity index (χ2v) is 6.67. The Morgan fingerprint density at radius 2 is 2.07 bits per heavy atom. The van der Waals surface area contributed by atoms with Crippen LogP contribution in [0.25, 0.3) is 10.9 Å². The quantitative estimate of drug-likeness (QED) is 0.770. The van der Waals surface area contributed by atoms with Crippen molar-refractivity contribution in [2.75, 3.05) is 13.7 Å². The van der Waals surface area contributed by atoms with Crippen LogP contribution in [-0.2, 0) is 0 Å². The van der Waals surface area contributed by atoms with Crippen molar-refractivity contribution < 1.29 is 13.9 Å². The summed E-state index contributed by atoms with van der Waals surface area (Å²) >= 11 is 0. The molecule has 2 aromatic carbocycles. The van der Waals surface area contributed by atoms with Crippen LogP contribution in [0.2, 0.25) is 0 Å². The van der Waals surface area contributed by atoms with Crippen molar-refractivity contribution in [2.24, 2.45) is 0 Å². The molecule has 1 atom stereocenters. The first-order valence-corrected chi connectivity index (χ1v) is 8.84. The molecule has 1 unspecified atom stereocenters. The first kappa shape index (κ1) is 17.3. The van der Waals surface area contributed by atoms with Crippen molar-refractivity contribution in [2.45, 2.75) is 18.9 Å². The molecule has 1 fully saturated rings. The number of benzene rings is 2. The van der Waals surface area contributed by atoms with Crippen LogP contribution in [0, 0.1) is 5.82 Å². The summed E-state index contributed by atoms with van der Waals surface area (Å²) in [7, 11) is 1.61. The number of fused-ring (bicyclic) bond motifs is 1. The third-order valence-corrected chi connectivity index (χ3v) is 5.03. The van der Waals surface area contributed by atoms with Gasteiger partial charge in [-0.25, -0.2) is 4.39 Å². The highest BCUT2D eigenvalue weighted by molar-refractivity contribution is 6.06. The van der Waals surface area contributed by atoms with E-state index in [0.717, 1.165) is 24.2 Å². The highest BCUT2D eigenvalue weighted by atomic mass is 19.1. The van der Waals surface area contributed by atoms with Crippen LogP contribution in [-0.4, -0.2) is 29.4 Å². The number of hydrogen-bond acceptors (Lipinski definition) is 3. The minimum absolute atomic E-state index is 0.0811. The lowest BCUT2D eigenvalue weighted by Crippen LogP contribution is -2.31. The zero-order chi connectivity index (χ0) is 19.0. The Morgan fingerprint density at radius 1 is 1.22 bits per heavy atom. The van der Waals surface area contributed by atoms with Gasteiger partial charge in [-0.1, -0.05) is 12.1 Å². The number of rotatable bonds is 3. The Morgan fingerprint density at radius 3 is 2.89 bits per heavy atom. The maximum Gasteiger partial charge on any atom is 0.255 e. The van der Waals surface area contributed by atoms with Gasteiger partial charge in [0.25, 0.3) is 5.91 Å². The lowest BCUT2D eigenvalue weighted by molar-refractivity contribution is 0.0737. The molecule has 27 heavy (non-hydrogen) atoms. The van der Waals surface area contributed by atoms with Gasteiger partial charge in [0.2, 0.25) is 5.56 Å².